The van der Waals surface area contributed by atoms with Crippen molar-refractivity contribution in [2.24, 2.45) is 4.99 Å². The maximum atomic E-state index is 5.69. The molecule has 0 aliphatic rings. The van der Waals surface area contributed by atoms with Crippen LogP contribution in [-0.4, -0.2) is 64.4 Å². The number of likely N-dealkylation sites (N-methyl/N-ethyl adjacent to an activating group) is 1. The van der Waals surface area contributed by atoms with Crippen LogP contribution in [0.2, 0.25) is 0 Å². The molecule has 2 N–H and O–H groups in total. The van der Waals surface area contributed by atoms with E-state index >= 15 is 0 Å². The Balaban J connectivity index is 2.45. The summed E-state index contributed by atoms with van der Waals surface area (Å²) in [5.41, 5.74) is 1.15. The summed E-state index contributed by atoms with van der Waals surface area (Å²) in [5.74, 6) is 1.76. The fourth-order valence-electron chi connectivity index (χ4n) is 2.42. The Bertz CT molecular complexity index is 508. The van der Waals surface area contributed by atoms with Crippen LogP contribution in [0.15, 0.2) is 29.3 Å². The molecule has 26 heavy (non-hydrogen) atoms. The standard InChI is InChI=1S/C20H36N4O2/c1-5-14-26-19-10-7-9-18(16-19)17-23-20(21-6-2)22-11-13-24(3)12-8-15-25-4/h7,9-10,16H,5-6,8,11-15,17H2,1-4H3,(H2,21,22,23). The van der Waals surface area contributed by atoms with Crippen LogP contribution >= 0.6 is 0 Å². The molecule has 0 spiro atoms. The normalized spacial score (nSPS) is 11.7. The molecular formula is C20H36N4O2. The van der Waals surface area contributed by atoms with E-state index in [4.69, 9.17) is 9.47 Å². The number of benzene rings is 1. The lowest BCUT2D eigenvalue weighted by atomic mass is 10.2. The van der Waals surface area contributed by atoms with E-state index in [1.165, 1.54) is 0 Å². The van der Waals surface area contributed by atoms with Gasteiger partial charge in [0.2, 0.25) is 0 Å². The topological polar surface area (TPSA) is 58.1 Å². The molecule has 0 saturated carbocycles. The molecule has 1 aromatic carbocycles. The molecule has 0 saturated heterocycles. The number of nitrogens with zero attached hydrogens (tertiary/aromatic N) is 2. The van der Waals surface area contributed by atoms with Gasteiger partial charge in [0.05, 0.1) is 13.2 Å². The van der Waals surface area contributed by atoms with Gasteiger partial charge < -0.3 is 25.0 Å². The molecule has 6 heteroatoms. The van der Waals surface area contributed by atoms with Gasteiger partial charge >= 0.3 is 0 Å². The van der Waals surface area contributed by atoms with Gasteiger partial charge in [-0.25, -0.2) is 4.99 Å². The first-order valence-electron chi connectivity index (χ1n) is 9.61. The van der Waals surface area contributed by atoms with Crippen molar-refractivity contribution in [1.82, 2.24) is 15.5 Å². The third-order valence-electron chi connectivity index (χ3n) is 3.81. The van der Waals surface area contributed by atoms with Gasteiger partial charge in [0, 0.05) is 39.9 Å². The summed E-state index contributed by atoms with van der Waals surface area (Å²) in [6.45, 7) is 10.1. The molecule has 0 aliphatic carbocycles. The Morgan fingerprint density at radius 3 is 2.73 bits per heavy atom. The summed E-state index contributed by atoms with van der Waals surface area (Å²) in [6, 6.07) is 8.15. The number of aliphatic imine (C=N–C) groups is 1. The van der Waals surface area contributed by atoms with Crippen molar-refractivity contribution in [2.45, 2.75) is 33.2 Å². The van der Waals surface area contributed by atoms with Crippen LogP contribution < -0.4 is 15.4 Å². The van der Waals surface area contributed by atoms with Crippen LogP contribution in [0.4, 0.5) is 0 Å². The number of hydrogen-bond acceptors (Lipinski definition) is 4. The van der Waals surface area contributed by atoms with E-state index in [0.29, 0.717) is 6.54 Å². The minimum Gasteiger partial charge on any atom is -0.494 e. The molecule has 0 atom stereocenters. The molecule has 0 fully saturated rings. The number of ether oxygens (including phenoxy) is 2. The second kappa shape index (κ2) is 14.4. The summed E-state index contributed by atoms with van der Waals surface area (Å²) in [7, 11) is 3.87. The molecule has 1 aromatic rings. The molecular weight excluding hydrogens is 328 g/mol. The van der Waals surface area contributed by atoms with E-state index in [1.807, 2.05) is 12.1 Å². The van der Waals surface area contributed by atoms with E-state index in [9.17, 15) is 0 Å². The average molecular weight is 365 g/mol. The number of methoxy groups -OCH3 is 1. The largest absolute Gasteiger partial charge is 0.494 e. The molecule has 0 unspecified atom stereocenters. The van der Waals surface area contributed by atoms with Gasteiger partial charge in [-0.3, -0.25) is 0 Å². The predicted octanol–water partition coefficient (Wildman–Crippen LogP) is 2.50. The highest BCUT2D eigenvalue weighted by Crippen LogP contribution is 2.14. The van der Waals surface area contributed by atoms with E-state index in [-0.39, 0.29) is 0 Å². The van der Waals surface area contributed by atoms with E-state index in [0.717, 1.165) is 69.5 Å². The van der Waals surface area contributed by atoms with Crippen molar-refractivity contribution >= 4 is 5.96 Å². The van der Waals surface area contributed by atoms with Crippen molar-refractivity contribution in [1.29, 1.82) is 0 Å². The highest BCUT2D eigenvalue weighted by Gasteiger charge is 2.01. The minimum absolute atomic E-state index is 0.627. The molecule has 6 nitrogen and oxygen atoms in total. The molecule has 0 aliphatic heterocycles. The van der Waals surface area contributed by atoms with Crippen molar-refractivity contribution in [3.63, 3.8) is 0 Å². The van der Waals surface area contributed by atoms with Gasteiger partial charge in [-0.2, -0.15) is 0 Å². The fourth-order valence-corrected chi connectivity index (χ4v) is 2.42. The summed E-state index contributed by atoms with van der Waals surface area (Å²) in [4.78, 5) is 6.97. The van der Waals surface area contributed by atoms with Crippen molar-refractivity contribution in [3.05, 3.63) is 29.8 Å². The maximum Gasteiger partial charge on any atom is 0.191 e. The van der Waals surface area contributed by atoms with E-state index in [2.05, 4.69) is 53.6 Å². The monoisotopic (exact) mass is 364 g/mol. The fraction of sp³-hybridized carbons (Fsp3) is 0.650. The quantitative estimate of drug-likeness (QED) is 0.320. The third kappa shape index (κ3) is 10.3. The second-order valence-corrected chi connectivity index (χ2v) is 6.27. The van der Waals surface area contributed by atoms with Crippen LogP contribution in [0.25, 0.3) is 0 Å². The molecule has 0 aromatic heterocycles. The Morgan fingerprint density at radius 2 is 2.00 bits per heavy atom. The lowest BCUT2D eigenvalue weighted by Crippen LogP contribution is -2.41. The molecule has 0 amide bonds. The highest BCUT2D eigenvalue weighted by molar-refractivity contribution is 5.79. The molecule has 0 radical (unpaired) electrons. The second-order valence-electron chi connectivity index (χ2n) is 6.27. The van der Waals surface area contributed by atoms with E-state index < -0.39 is 0 Å². The van der Waals surface area contributed by atoms with Gasteiger partial charge in [0.15, 0.2) is 5.96 Å². The van der Waals surface area contributed by atoms with E-state index in [1.54, 1.807) is 7.11 Å². The van der Waals surface area contributed by atoms with Crippen LogP contribution in [0, 0.1) is 0 Å². The Hall–Kier alpha value is -1.79. The zero-order chi connectivity index (χ0) is 19.0. The van der Waals surface area contributed by atoms with Gasteiger partial charge in [-0.15, -0.1) is 0 Å². The van der Waals surface area contributed by atoms with Gasteiger partial charge in [0.25, 0.3) is 0 Å². The Kier molecular flexibility index (Phi) is 12.3. The zero-order valence-electron chi connectivity index (χ0n) is 16.9. The van der Waals surface area contributed by atoms with Gasteiger partial charge in [-0.05, 0) is 44.5 Å². The van der Waals surface area contributed by atoms with Crippen molar-refractivity contribution < 1.29 is 9.47 Å². The summed E-state index contributed by atoms with van der Waals surface area (Å²) in [5, 5.41) is 6.69. The SMILES string of the molecule is CCCOc1cccc(CN=C(NCC)NCCN(C)CCCOC)c1. The Labute approximate surface area is 159 Å². The van der Waals surface area contributed by atoms with Crippen molar-refractivity contribution in [3.8, 4) is 5.75 Å². The van der Waals surface area contributed by atoms with Crippen LogP contribution in [0.3, 0.4) is 0 Å². The average Bonchev–Trinajstić information content (AvgIpc) is 2.65. The van der Waals surface area contributed by atoms with Gasteiger partial charge in [0.1, 0.15) is 5.75 Å². The lowest BCUT2D eigenvalue weighted by molar-refractivity contribution is 0.180. The summed E-state index contributed by atoms with van der Waals surface area (Å²) < 4.78 is 10.8. The summed E-state index contributed by atoms with van der Waals surface area (Å²) >= 11 is 0. The van der Waals surface area contributed by atoms with Crippen molar-refractivity contribution in [2.75, 3.05) is 53.6 Å². The molecule has 1 rings (SSSR count). The van der Waals surface area contributed by atoms with Crippen LogP contribution in [0.1, 0.15) is 32.3 Å². The number of hydrogen-bond donors (Lipinski definition) is 2. The first-order valence-corrected chi connectivity index (χ1v) is 9.61. The number of guanidine groups is 1. The lowest BCUT2D eigenvalue weighted by Gasteiger charge is -2.18. The summed E-state index contributed by atoms with van der Waals surface area (Å²) in [6.07, 6.45) is 2.06. The predicted molar refractivity (Wildman–Crippen MR) is 109 cm³/mol. The number of nitrogens with one attached hydrogen (secondary N) is 2. The molecule has 0 heterocycles. The Morgan fingerprint density at radius 1 is 1.15 bits per heavy atom. The van der Waals surface area contributed by atoms with Gasteiger partial charge in [-0.1, -0.05) is 19.1 Å². The third-order valence-corrected chi connectivity index (χ3v) is 3.81. The zero-order valence-corrected chi connectivity index (χ0v) is 16.9. The first kappa shape index (κ1) is 22.3. The molecule has 0 bridgehead atoms. The smallest absolute Gasteiger partial charge is 0.191 e. The van der Waals surface area contributed by atoms with Crippen LogP contribution in [-0.2, 0) is 11.3 Å². The first-order chi connectivity index (χ1) is 12.7. The maximum absolute atomic E-state index is 5.69. The molecule has 148 valence electrons. The highest BCUT2D eigenvalue weighted by atomic mass is 16.5. The van der Waals surface area contributed by atoms with Crippen LogP contribution in [0.5, 0.6) is 5.75 Å². The number of rotatable bonds is 13. The minimum atomic E-state index is 0.627.